The molecular formula is C31H49F3N4O5Si2. The quantitative estimate of drug-likeness (QED) is 0.130. The Morgan fingerprint density at radius 2 is 1.49 bits per heavy atom. The molecule has 1 aliphatic rings. The molecule has 0 radical (unpaired) electrons. The molecule has 0 N–H and O–H groups in total. The van der Waals surface area contributed by atoms with Crippen LogP contribution >= 0.6 is 0 Å². The molecule has 1 aliphatic carbocycles. The van der Waals surface area contributed by atoms with Gasteiger partial charge in [-0.15, -0.1) is 0 Å². The van der Waals surface area contributed by atoms with Gasteiger partial charge in [0.2, 0.25) is 0 Å². The molecule has 3 aromatic rings. The molecule has 0 spiro atoms. The number of aromatic nitrogens is 4. The van der Waals surface area contributed by atoms with Gasteiger partial charge < -0.3 is 18.8 Å². The lowest BCUT2D eigenvalue weighted by atomic mass is 9.86. The molecule has 1 saturated carbocycles. The van der Waals surface area contributed by atoms with Gasteiger partial charge in [-0.05, 0) is 49.8 Å². The van der Waals surface area contributed by atoms with Crippen molar-refractivity contribution in [3.8, 4) is 0 Å². The molecule has 0 bridgehead atoms. The highest BCUT2D eigenvalue weighted by molar-refractivity contribution is 6.76. The summed E-state index contributed by atoms with van der Waals surface area (Å²) in [6, 6.07) is 3.64. The predicted octanol–water partition coefficient (Wildman–Crippen LogP) is 6.84. The Morgan fingerprint density at radius 3 is 2.09 bits per heavy atom. The normalized spacial score (nSPS) is 18.3. The number of nitrogens with zero attached hydrogens (tertiary/aromatic N) is 4. The second kappa shape index (κ2) is 14.7. The molecule has 0 saturated heterocycles. The van der Waals surface area contributed by atoms with Gasteiger partial charge in [0.05, 0.1) is 23.9 Å². The lowest BCUT2D eigenvalue weighted by Crippen LogP contribution is -2.43. The fraction of sp³-hybridized carbons (Fsp3) is 0.710. The molecule has 45 heavy (non-hydrogen) atoms. The Labute approximate surface area is 264 Å². The van der Waals surface area contributed by atoms with Gasteiger partial charge in [-0.2, -0.15) is 13.2 Å². The van der Waals surface area contributed by atoms with E-state index in [9.17, 15) is 22.8 Å². The summed E-state index contributed by atoms with van der Waals surface area (Å²) in [6.07, 6.45) is 0.919. The summed E-state index contributed by atoms with van der Waals surface area (Å²) in [5.41, 5.74) is 0.342. The molecule has 3 heterocycles. The third-order valence-corrected chi connectivity index (χ3v) is 11.8. The molecule has 14 heteroatoms. The van der Waals surface area contributed by atoms with Gasteiger partial charge in [0.25, 0.3) is 5.56 Å². The number of hydrogen-bond acceptors (Lipinski definition) is 6. The van der Waals surface area contributed by atoms with E-state index in [1.165, 1.54) is 4.57 Å². The van der Waals surface area contributed by atoms with E-state index in [-0.39, 0.29) is 31.9 Å². The lowest BCUT2D eigenvalue weighted by molar-refractivity contribution is -0.146. The number of ether oxygens (including phenoxy) is 3. The molecule has 0 atom stereocenters. The van der Waals surface area contributed by atoms with Gasteiger partial charge in [0, 0.05) is 59.8 Å². The summed E-state index contributed by atoms with van der Waals surface area (Å²) >= 11 is 0. The van der Waals surface area contributed by atoms with Crippen LogP contribution in [0.25, 0.3) is 21.9 Å². The molecule has 252 valence electrons. The molecule has 4 rings (SSSR count). The topological polar surface area (TPSA) is 89.5 Å². The minimum Gasteiger partial charge on any atom is -0.381 e. The first-order valence-electron chi connectivity index (χ1n) is 16.0. The zero-order valence-electron chi connectivity index (χ0n) is 27.5. The van der Waals surface area contributed by atoms with Crippen LogP contribution in [0.15, 0.2) is 28.0 Å². The van der Waals surface area contributed by atoms with Crippen LogP contribution in [0.5, 0.6) is 0 Å². The van der Waals surface area contributed by atoms with Crippen LogP contribution in [-0.4, -0.2) is 67.4 Å². The zero-order valence-corrected chi connectivity index (χ0v) is 29.5. The van der Waals surface area contributed by atoms with Gasteiger partial charge in [0.1, 0.15) is 19.1 Å². The van der Waals surface area contributed by atoms with E-state index in [2.05, 4.69) is 44.3 Å². The number of hydrogen-bond donors (Lipinski definition) is 0. The number of pyridine rings is 1. The van der Waals surface area contributed by atoms with E-state index in [0.717, 1.165) is 12.1 Å². The fourth-order valence-electron chi connectivity index (χ4n) is 5.64. The Kier molecular flexibility index (Phi) is 11.6. The maximum atomic E-state index is 14.1. The molecule has 0 aliphatic heterocycles. The Balaban J connectivity index is 1.63. The van der Waals surface area contributed by atoms with Crippen LogP contribution in [0.1, 0.15) is 38.1 Å². The van der Waals surface area contributed by atoms with Gasteiger partial charge in [-0.25, -0.2) is 14.3 Å². The third kappa shape index (κ3) is 9.86. The van der Waals surface area contributed by atoms with Crippen molar-refractivity contribution in [2.24, 2.45) is 5.92 Å². The molecular weight excluding hydrogens is 622 g/mol. The van der Waals surface area contributed by atoms with E-state index in [0.29, 0.717) is 67.6 Å². The third-order valence-electron chi connectivity index (χ3n) is 8.42. The van der Waals surface area contributed by atoms with Crippen LogP contribution in [0.2, 0.25) is 51.4 Å². The predicted molar refractivity (Wildman–Crippen MR) is 176 cm³/mol. The molecule has 9 nitrogen and oxygen atoms in total. The van der Waals surface area contributed by atoms with E-state index in [1.807, 2.05) is 16.8 Å². The monoisotopic (exact) mass is 670 g/mol. The average Bonchev–Trinajstić information content (AvgIpc) is 3.35. The lowest BCUT2D eigenvalue weighted by Gasteiger charge is -2.31. The first kappa shape index (κ1) is 35.6. The van der Waals surface area contributed by atoms with Crippen molar-refractivity contribution in [2.75, 3.05) is 26.4 Å². The molecule has 0 amide bonds. The highest BCUT2D eigenvalue weighted by atomic mass is 28.3. The maximum absolute atomic E-state index is 14.1. The SMILES string of the molecule is C[Si](C)(C)CCOCn1c(=O)c2cnc3c(ccn3COCC[Si](C)(C)C)c2n([C@H]2CC[C@H](COCCC(F)(F)F)CC2)c1=O. The molecule has 0 unspecified atom stereocenters. The summed E-state index contributed by atoms with van der Waals surface area (Å²) in [5.74, 6) is 0.114. The van der Waals surface area contributed by atoms with Gasteiger partial charge in [-0.3, -0.25) is 9.36 Å². The molecule has 0 aromatic carbocycles. The largest absolute Gasteiger partial charge is 0.391 e. The summed E-state index contributed by atoms with van der Waals surface area (Å²) < 4.78 is 59.5. The first-order chi connectivity index (χ1) is 21.0. The van der Waals surface area contributed by atoms with E-state index in [1.54, 1.807) is 10.8 Å². The van der Waals surface area contributed by atoms with Gasteiger partial charge in [-0.1, -0.05) is 39.3 Å². The Hall–Kier alpha value is -2.27. The highest BCUT2D eigenvalue weighted by Crippen LogP contribution is 2.34. The van der Waals surface area contributed by atoms with Crippen molar-refractivity contribution < 1.29 is 27.4 Å². The van der Waals surface area contributed by atoms with Crippen molar-refractivity contribution in [3.05, 3.63) is 39.3 Å². The number of fused-ring (bicyclic) bond motifs is 3. The minimum atomic E-state index is -4.24. The maximum Gasteiger partial charge on any atom is 0.391 e. The van der Waals surface area contributed by atoms with Crippen molar-refractivity contribution >= 4 is 38.1 Å². The summed E-state index contributed by atoms with van der Waals surface area (Å²) in [7, 11) is -2.61. The fourth-order valence-corrected chi connectivity index (χ4v) is 7.15. The van der Waals surface area contributed by atoms with Crippen LogP contribution in [0, 0.1) is 5.92 Å². The standard InChI is InChI=1S/C31H49F3N4O5Si2/c1-44(2,3)17-15-42-21-36-13-11-25-27-26(19-35-28(25)36)29(39)37(22-43-16-18-45(4,5)6)30(40)38(27)24-9-7-23(8-10-24)20-41-14-12-31(32,33)34/h11,13,19,23-24H,7-10,12,14-18,20-22H2,1-6H3/t23-,24-. The van der Waals surface area contributed by atoms with Crippen LogP contribution in [0.4, 0.5) is 13.2 Å². The van der Waals surface area contributed by atoms with Crippen LogP contribution in [-0.2, 0) is 27.7 Å². The second-order valence-corrected chi connectivity index (χ2v) is 26.0. The van der Waals surface area contributed by atoms with Gasteiger partial charge in [0.15, 0.2) is 0 Å². The van der Waals surface area contributed by atoms with Crippen molar-refractivity contribution in [1.82, 2.24) is 18.7 Å². The number of halogens is 3. The average molecular weight is 671 g/mol. The van der Waals surface area contributed by atoms with E-state index in [4.69, 9.17) is 14.2 Å². The first-order valence-corrected chi connectivity index (χ1v) is 23.4. The van der Waals surface area contributed by atoms with Crippen LogP contribution < -0.4 is 11.2 Å². The smallest absolute Gasteiger partial charge is 0.381 e. The van der Waals surface area contributed by atoms with Crippen molar-refractivity contribution in [1.29, 1.82) is 0 Å². The Bertz CT molecular complexity index is 1550. The van der Waals surface area contributed by atoms with Gasteiger partial charge >= 0.3 is 11.9 Å². The molecule has 3 aromatic heterocycles. The number of rotatable bonds is 15. The highest BCUT2D eigenvalue weighted by Gasteiger charge is 2.29. The van der Waals surface area contributed by atoms with Crippen molar-refractivity contribution in [2.45, 2.75) is 109 Å². The van der Waals surface area contributed by atoms with E-state index < -0.39 is 40.0 Å². The second-order valence-electron chi connectivity index (χ2n) is 14.7. The zero-order chi connectivity index (χ0) is 33.0. The summed E-state index contributed by atoms with van der Waals surface area (Å²) in [5, 5.41) is 1.06. The minimum absolute atomic E-state index is 0.114. The van der Waals surface area contributed by atoms with E-state index >= 15 is 0 Å². The number of alkyl halides is 3. The Morgan fingerprint density at radius 1 is 0.867 bits per heavy atom. The summed E-state index contributed by atoms with van der Waals surface area (Å²) in [6.45, 7) is 14.8. The van der Waals surface area contributed by atoms with Crippen molar-refractivity contribution in [3.63, 3.8) is 0 Å². The molecule has 1 fully saturated rings. The van der Waals surface area contributed by atoms with Crippen LogP contribution in [0.3, 0.4) is 0 Å². The summed E-state index contributed by atoms with van der Waals surface area (Å²) in [4.78, 5) is 32.5.